The van der Waals surface area contributed by atoms with Crippen molar-refractivity contribution < 1.29 is 19.5 Å². The number of allylic oxidation sites excluding steroid dienone is 1. The minimum Gasteiger partial charge on any atom is -0.475 e. The third kappa shape index (κ3) is 3.88. The quantitative estimate of drug-likeness (QED) is 0.459. The smallest absolute Gasteiger partial charge is 0.372 e. The highest BCUT2D eigenvalue weighted by Crippen LogP contribution is 2.01. The number of carbonyl (C=O) groups excluding carboxylic acids is 2. The van der Waals surface area contributed by atoms with Crippen LogP contribution in [-0.2, 0) is 14.4 Å². The first-order chi connectivity index (χ1) is 7.59. The fourth-order valence-corrected chi connectivity index (χ4v) is 1.05. The molecule has 0 bridgehead atoms. The molecule has 0 amide bonds. The molecule has 0 aliphatic heterocycles. The maximum absolute atomic E-state index is 11.2. The SMILES string of the molecule is O=C(/C=C/c1ccccc1)CC(=O)C(=O)O. The molecule has 0 heterocycles. The molecule has 4 nitrogen and oxygen atoms in total. The summed E-state index contributed by atoms with van der Waals surface area (Å²) in [4.78, 5) is 32.1. The summed E-state index contributed by atoms with van der Waals surface area (Å²) in [6.07, 6.45) is 2.15. The summed E-state index contributed by atoms with van der Waals surface area (Å²) in [6.45, 7) is 0. The lowest BCUT2D eigenvalue weighted by molar-refractivity contribution is -0.149. The van der Waals surface area contributed by atoms with Gasteiger partial charge in [-0.2, -0.15) is 0 Å². The predicted octanol–water partition coefficient (Wildman–Crippen LogP) is 1.31. The van der Waals surface area contributed by atoms with Crippen LogP contribution in [0.25, 0.3) is 6.08 Å². The number of hydrogen-bond donors (Lipinski definition) is 1. The Labute approximate surface area is 92.2 Å². The van der Waals surface area contributed by atoms with Crippen LogP contribution >= 0.6 is 0 Å². The van der Waals surface area contributed by atoms with Crippen LogP contribution in [0.15, 0.2) is 36.4 Å². The third-order valence-electron chi connectivity index (χ3n) is 1.83. The van der Waals surface area contributed by atoms with Crippen molar-refractivity contribution in [3.05, 3.63) is 42.0 Å². The summed E-state index contributed by atoms with van der Waals surface area (Å²) in [6, 6.07) is 9.05. The van der Waals surface area contributed by atoms with Gasteiger partial charge in [-0.3, -0.25) is 9.59 Å². The van der Waals surface area contributed by atoms with Gasteiger partial charge >= 0.3 is 5.97 Å². The molecule has 0 unspecified atom stereocenters. The van der Waals surface area contributed by atoms with E-state index >= 15 is 0 Å². The van der Waals surface area contributed by atoms with Gasteiger partial charge in [0.25, 0.3) is 0 Å². The molecule has 1 aromatic carbocycles. The van der Waals surface area contributed by atoms with Crippen LogP contribution in [0.2, 0.25) is 0 Å². The van der Waals surface area contributed by atoms with Crippen molar-refractivity contribution >= 4 is 23.6 Å². The van der Waals surface area contributed by atoms with E-state index in [9.17, 15) is 14.4 Å². The Hall–Kier alpha value is -2.23. The number of rotatable bonds is 5. The van der Waals surface area contributed by atoms with Crippen molar-refractivity contribution in [1.29, 1.82) is 0 Å². The zero-order valence-corrected chi connectivity index (χ0v) is 8.42. The molecule has 0 fully saturated rings. The van der Waals surface area contributed by atoms with Crippen LogP contribution in [-0.4, -0.2) is 22.6 Å². The zero-order chi connectivity index (χ0) is 12.0. The summed E-state index contributed by atoms with van der Waals surface area (Å²) >= 11 is 0. The highest BCUT2D eigenvalue weighted by Gasteiger charge is 2.14. The molecule has 1 N–H and O–H groups in total. The van der Waals surface area contributed by atoms with Crippen molar-refractivity contribution in [2.45, 2.75) is 6.42 Å². The fraction of sp³-hybridized carbons (Fsp3) is 0.0833. The van der Waals surface area contributed by atoms with E-state index in [-0.39, 0.29) is 0 Å². The Morgan fingerprint density at radius 3 is 2.31 bits per heavy atom. The molecule has 1 aromatic rings. The predicted molar refractivity (Wildman–Crippen MR) is 57.7 cm³/mol. The van der Waals surface area contributed by atoms with Crippen LogP contribution in [0, 0.1) is 0 Å². The number of carboxylic acid groups (broad SMARTS) is 1. The molecule has 0 spiro atoms. The van der Waals surface area contributed by atoms with E-state index in [2.05, 4.69) is 0 Å². The molecular formula is C12H10O4. The van der Waals surface area contributed by atoms with Gasteiger partial charge in [0.2, 0.25) is 5.78 Å². The molecule has 1 rings (SSSR count). The molecule has 82 valence electrons. The lowest BCUT2D eigenvalue weighted by atomic mass is 10.1. The summed E-state index contributed by atoms with van der Waals surface area (Å²) in [5.74, 6) is -3.19. The molecule has 0 atom stereocenters. The molecule has 0 saturated carbocycles. The van der Waals surface area contributed by atoms with Crippen molar-refractivity contribution in [1.82, 2.24) is 0 Å². The monoisotopic (exact) mass is 218 g/mol. The van der Waals surface area contributed by atoms with E-state index in [4.69, 9.17) is 5.11 Å². The standard InChI is InChI=1S/C12H10O4/c13-10(8-11(14)12(15)16)7-6-9-4-2-1-3-5-9/h1-7H,8H2,(H,15,16)/b7-6+. The molecule has 0 aliphatic rings. The maximum atomic E-state index is 11.2. The molecule has 0 radical (unpaired) electrons. The Bertz CT molecular complexity index is 432. The average molecular weight is 218 g/mol. The normalized spacial score (nSPS) is 10.2. The van der Waals surface area contributed by atoms with E-state index in [0.717, 1.165) is 5.56 Å². The molecular weight excluding hydrogens is 208 g/mol. The van der Waals surface area contributed by atoms with Crippen molar-refractivity contribution in [2.24, 2.45) is 0 Å². The van der Waals surface area contributed by atoms with Gasteiger partial charge in [0.05, 0.1) is 6.42 Å². The average Bonchev–Trinajstić information content (AvgIpc) is 2.27. The van der Waals surface area contributed by atoms with Crippen molar-refractivity contribution in [2.75, 3.05) is 0 Å². The van der Waals surface area contributed by atoms with Crippen LogP contribution in [0.3, 0.4) is 0 Å². The Balaban J connectivity index is 2.55. The van der Waals surface area contributed by atoms with Crippen molar-refractivity contribution in [3.8, 4) is 0 Å². The molecule has 0 aromatic heterocycles. The first-order valence-electron chi connectivity index (χ1n) is 4.61. The van der Waals surface area contributed by atoms with Gasteiger partial charge in [-0.15, -0.1) is 0 Å². The highest BCUT2D eigenvalue weighted by atomic mass is 16.4. The number of carbonyl (C=O) groups is 3. The minimum absolute atomic E-state index is 0.517. The zero-order valence-electron chi connectivity index (χ0n) is 8.42. The Kier molecular flexibility index (Phi) is 4.15. The topological polar surface area (TPSA) is 71.4 Å². The lowest BCUT2D eigenvalue weighted by Gasteiger charge is -1.92. The summed E-state index contributed by atoms with van der Waals surface area (Å²) in [7, 11) is 0. The van der Waals surface area contributed by atoms with E-state index in [1.54, 1.807) is 12.1 Å². The van der Waals surface area contributed by atoms with Crippen LogP contribution in [0.1, 0.15) is 12.0 Å². The largest absolute Gasteiger partial charge is 0.475 e. The highest BCUT2D eigenvalue weighted by molar-refractivity contribution is 6.37. The summed E-state index contributed by atoms with van der Waals surface area (Å²) < 4.78 is 0. The van der Waals surface area contributed by atoms with E-state index < -0.39 is 24.0 Å². The molecule has 0 saturated heterocycles. The van der Waals surface area contributed by atoms with E-state index in [0.29, 0.717) is 0 Å². The van der Waals surface area contributed by atoms with Gasteiger partial charge in [0.15, 0.2) is 5.78 Å². The van der Waals surface area contributed by atoms with Gasteiger partial charge in [-0.05, 0) is 11.6 Å². The summed E-state index contributed by atoms with van der Waals surface area (Å²) in [5, 5.41) is 8.29. The number of carboxylic acids is 1. The Morgan fingerprint density at radius 2 is 1.75 bits per heavy atom. The molecule has 16 heavy (non-hydrogen) atoms. The number of hydrogen-bond acceptors (Lipinski definition) is 3. The number of aliphatic carboxylic acids is 1. The fourth-order valence-electron chi connectivity index (χ4n) is 1.05. The van der Waals surface area contributed by atoms with Gasteiger partial charge in [0, 0.05) is 0 Å². The number of Topliss-reactive ketones (excluding diaryl/α,β-unsaturated/α-hetero) is 1. The second-order valence-corrected chi connectivity index (χ2v) is 3.12. The van der Waals surface area contributed by atoms with Crippen molar-refractivity contribution in [3.63, 3.8) is 0 Å². The van der Waals surface area contributed by atoms with Gasteiger partial charge < -0.3 is 5.11 Å². The maximum Gasteiger partial charge on any atom is 0.372 e. The second-order valence-electron chi connectivity index (χ2n) is 3.12. The van der Waals surface area contributed by atoms with E-state index in [1.807, 2.05) is 18.2 Å². The first kappa shape index (κ1) is 11.8. The number of benzene rings is 1. The van der Waals surface area contributed by atoms with E-state index in [1.165, 1.54) is 12.2 Å². The van der Waals surface area contributed by atoms with Gasteiger partial charge in [-0.25, -0.2) is 4.79 Å². The van der Waals surface area contributed by atoms with Gasteiger partial charge in [0.1, 0.15) is 0 Å². The lowest BCUT2D eigenvalue weighted by Crippen LogP contribution is -2.15. The molecule has 0 aliphatic carbocycles. The van der Waals surface area contributed by atoms with Crippen LogP contribution in [0.4, 0.5) is 0 Å². The van der Waals surface area contributed by atoms with Gasteiger partial charge in [-0.1, -0.05) is 36.4 Å². The minimum atomic E-state index is -1.58. The summed E-state index contributed by atoms with van der Waals surface area (Å²) in [5.41, 5.74) is 0.818. The first-order valence-corrected chi connectivity index (χ1v) is 4.61. The number of ketones is 2. The second kappa shape index (κ2) is 5.60. The third-order valence-corrected chi connectivity index (χ3v) is 1.83. The molecule has 4 heteroatoms. The van der Waals surface area contributed by atoms with Crippen LogP contribution < -0.4 is 0 Å². The van der Waals surface area contributed by atoms with Crippen LogP contribution in [0.5, 0.6) is 0 Å². The Morgan fingerprint density at radius 1 is 1.12 bits per heavy atom.